The summed E-state index contributed by atoms with van der Waals surface area (Å²) in [6, 6.07) is 4.27. The Balaban J connectivity index is 1.66. The molecule has 142 valence electrons. The van der Waals surface area contributed by atoms with Crippen molar-refractivity contribution in [2.75, 3.05) is 0 Å². The van der Waals surface area contributed by atoms with Gasteiger partial charge < -0.3 is 5.32 Å². The number of aromatic nitrogens is 2. The number of hydrogen-bond donors (Lipinski definition) is 1. The third-order valence-electron chi connectivity index (χ3n) is 4.12. The minimum Gasteiger partial charge on any atom is -0.347 e. The average molecular weight is 398 g/mol. The van der Waals surface area contributed by atoms with E-state index in [0.29, 0.717) is 0 Å². The highest BCUT2D eigenvalue weighted by Crippen LogP contribution is 2.32. The Bertz CT molecular complexity index is 882. The summed E-state index contributed by atoms with van der Waals surface area (Å²) in [7, 11) is 0. The van der Waals surface area contributed by atoms with Crippen molar-refractivity contribution in [3.05, 3.63) is 58.1 Å². The Morgan fingerprint density at radius 3 is 2.63 bits per heavy atom. The third kappa shape index (κ3) is 5.03. The summed E-state index contributed by atoms with van der Waals surface area (Å²) in [5, 5.41) is 2.60. The summed E-state index contributed by atoms with van der Waals surface area (Å²) in [4.78, 5) is 32.1. The van der Waals surface area contributed by atoms with Gasteiger partial charge in [0.05, 0.1) is 12.0 Å². The molecule has 1 aromatic heterocycles. The second-order valence-corrected chi connectivity index (χ2v) is 6.67. The van der Waals surface area contributed by atoms with E-state index in [9.17, 15) is 22.8 Å². The fourth-order valence-corrected chi connectivity index (χ4v) is 2.65. The molecular weight excluding hydrogens is 383 g/mol. The van der Waals surface area contributed by atoms with Crippen LogP contribution in [0.25, 0.3) is 0 Å². The van der Waals surface area contributed by atoms with Crippen LogP contribution in [0.2, 0.25) is 5.02 Å². The van der Waals surface area contributed by atoms with Crippen molar-refractivity contribution in [3.63, 3.8) is 0 Å². The average Bonchev–Trinajstić information content (AvgIpc) is 3.45. The van der Waals surface area contributed by atoms with E-state index in [1.54, 1.807) is 0 Å². The summed E-state index contributed by atoms with van der Waals surface area (Å²) in [6.07, 6.45) is -1.33. The molecule has 2 aromatic rings. The van der Waals surface area contributed by atoms with Gasteiger partial charge in [-0.1, -0.05) is 11.6 Å². The first-order valence-corrected chi connectivity index (χ1v) is 8.60. The smallest absolute Gasteiger partial charge is 0.347 e. The van der Waals surface area contributed by atoms with Crippen LogP contribution in [0, 0.1) is 5.92 Å². The van der Waals surface area contributed by atoms with Gasteiger partial charge in [-0.25, -0.2) is 9.97 Å². The predicted octanol–water partition coefficient (Wildman–Crippen LogP) is 3.60. The fraction of sp³-hybridized carbons (Fsp3) is 0.333. The van der Waals surface area contributed by atoms with E-state index >= 15 is 0 Å². The molecule has 0 spiro atoms. The van der Waals surface area contributed by atoms with Crippen molar-refractivity contribution in [2.45, 2.75) is 32.0 Å². The summed E-state index contributed by atoms with van der Waals surface area (Å²) >= 11 is 5.91. The molecule has 0 unspecified atom stereocenters. The van der Waals surface area contributed by atoms with Gasteiger partial charge >= 0.3 is 6.18 Å². The van der Waals surface area contributed by atoms with E-state index in [2.05, 4.69) is 15.3 Å². The maximum absolute atomic E-state index is 12.8. The largest absolute Gasteiger partial charge is 0.416 e. The zero-order valence-electron chi connectivity index (χ0n) is 14.0. The molecule has 9 heteroatoms. The first kappa shape index (κ1) is 19.3. The molecule has 3 rings (SSSR count). The molecule has 1 amide bonds. The van der Waals surface area contributed by atoms with Crippen molar-refractivity contribution < 1.29 is 22.8 Å². The van der Waals surface area contributed by atoms with Gasteiger partial charge in [0.15, 0.2) is 0 Å². The van der Waals surface area contributed by atoms with Gasteiger partial charge in [0.2, 0.25) is 0 Å². The molecule has 27 heavy (non-hydrogen) atoms. The normalized spacial score (nSPS) is 14.1. The van der Waals surface area contributed by atoms with E-state index in [1.165, 1.54) is 12.3 Å². The molecular formula is C18H15ClF3N3O2. The molecule has 0 radical (unpaired) electrons. The van der Waals surface area contributed by atoms with E-state index in [4.69, 9.17) is 11.6 Å². The topological polar surface area (TPSA) is 72.0 Å². The maximum atomic E-state index is 12.8. The molecule has 0 saturated heterocycles. The highest BCUT2D eigenvalue weighted by atomic mass is 35.5. The summed E-state index contributed by atoms with van der Waals surface area (Å²) in [5.41, 5.74) is -0.677. The van der Waals surface area contributed by atoms with E-state index in [1.807, 2.05) is 0 Å². The highest BCUT2D eigenvalue weighted by molar-refractivity contribution is 6.31. The lowest BCUT2D eigenvalue weighted by Crippen LogP contribution is -2.25. The molecule has 1 heterocycles. The molecule has 1 saturated carbocycles. The van der Waals surface area contributed by atoms with Crippen molar-refractivity contribution >= 4 is 23.3 Å². The van der Waals surface area contributed by atoms with Gasteiger partial charge in [-0.2, -0.15) is 13.2 Å². The first-order valence-electron chi connectivity index (χ1n) is 8.22. The molecule has 0 bridgehead atoms. The monoisotopic (exact) mass is 397 g/mol. The predicted molar refractivity (Wildman–Crippen MR) is 91.1 cm³/mol. The Kier molecular flexibility index (Phi) is 5.46. The highest BCUT2D eigenvalue weighted by Gasteiger charge is 2.31. The number of halogens is 4. The minimum atomic E-state index is -4.50. The number of benzene rings is 1. The zero-order valence-corrected chi connectivity index (χ0v) is 14.8. The van der Waals surface area contributed by atoms with E-state index in [0.717, 1.165) is 31.0 Å². The standard InChI is InChI=1S/C18H15ClF3N3O2/c19-13-4-3-12(18(20,21)22)7-11(13)9-24-17(27)14-5-6-23-16(25-14)8-15(26)10-1-2-10/h3-7,10H,1-2,8-9H2,(H,24,27). The van der Waals surface area contributed by atoms with Gasteiger partial charge in [-0.15, -0.1) is 0 Å². The Morgan fingerprint density at radius 1 is 1.22 bits per heavy atom. The number of hydrogen-bond acceptors (Lipinski definition) is 4. The molecule has 5 nitrogen and oxygen atoms in total. The number of ketones is 1. The van der Waals surface area contributed by atoms with Gasteiger partial charge in [-0.05, 0) is 42.7 Å². The number of carbonyl (C=O) groups excluding carboxylic acids is 2. The molecule has 0 aliphatic heterocycles. The van der Waals surface area contributed by atoms with Crippen LogP contribution in [-0.4, -0.2) is 21.7 Å². The maximum Gasteiger partial charge on any atom is 0.416 e. The van der Waals surface area contributed by atoms with E-state index in [-0.39, 0.29) is 46.8 Å². The van der Waals surface area contributed by atoms with Crippen LogP contribution < -0.4 is 5.32 Å². The molecule has 1 fully saturated rings. The van der Waals surface area contributed by atoms with Crippen molar-refractivity contribution in [3.8, 4) is 0 Å². The van der Waals surface area contributed by atoms with Crippen LogP contribution in [0.5, 0.6) is 0 Å². The number of rotatable bonds is 6. The zero-order chi connectivity index (χ0) is 19.6. The van der Waals surface area contributed by atoms with Crippen molar-refractivity contribution in [1.29, 1.82) is 0 Å². The van der Waals surface area contributed by atoms with Crippen LogP contribution in [0.15, 0.2) is 30.5 Å². The lowest BCUT2D eigenvalue weighted by atomic mass is 10.1. The molecule has 0 atom stereocenters. The minimum absolute atomic E-state index is 0.0340. The number of Topliss-reactive ketones (excluding diaryl/α,β-unsaturated/α-hetero) is 1. The molecule has 1 aliphatic carbocycles. The molecule has 1 aliphatic rings. The Morgan fingerprint density at radius 2 is 1.96 bits per heavy atom. The number of amides is 1. The third-order valence-corrected chi connectivity index (χ3v) is 4.48. The second kappa shape index (κ2) is 7.64. The van der Waals surface area contributed by atoms with Gasteiger partial charge in [0.25, 0.3) is 5.91 Å². The SMILES string of the molecule is O=C(NCc1cc(C(F)(F)F)ccc1Cl)c1ccnc(CC(=O)C2CC2)n1. The fourth-order valence-electron chi connectivity index (χ4n) is 2.47. The van der Waals surface area contributed by atoms with Gasteiger partial charge in [0, 0.05) is 23.7 Å². The quantitative estimate of drug-likeness (QED) is 0.808. The summed E-state index contributed by atoms with van der Waals surface area (Å²) in [6.45, 7) is -0.193. The molecule has 1 N–H and O–H groups in total. The Hall–Kier alpha value is -2.48. The van der Waals surface area contributed by atoms with Crippen molar-refractivity contribution in [1.82, 2.24) is 15.3 Å². The number of nitrogens with zero attached hydrogens (tertiary/aromatic N) is 2. The van der Waals surface area contributed by atoms with Gasteiger partial charge in [0.1, 0.15) is 17.3 Å². The van der Waals surface area contributed by atoms with Crippen molar-refractivity contribution in [2.24, 2.45) is 5.92 Å². The lowest BCUT2D eigenvalue weighted by molar-refractivity contribution is -0.137. The summed E-state index contributed by atoms with van der Waals surface area (Å²) < 4.78 is 38.4. The van der Waals surface area contributed by atoms with E-state index < -0.39 is 17.6 Å². The number of alkyl halides is 3. The number of carbonyl (C=O) groups is 2. The van der Waals surface area contributed by atoms with Crippen LogP contribution >= 0.6 is 11.6 Å². The van der Waals surface area contributed by atoms with Crippen LogP contribution in [-0.2, 0) is 23.9 Å². The van der Waals surface area contributed by atoms with Crippen LogP contribution in [0.4, 0.5) is 13.2 Å². The van der Waals surface area contributed by atoms with Gasteiger partial charge in [-0.3, -0.25) is 9.59 Å². The van der Waals surface area contributed by atoms with Crippen LogP contribution in [0.1, 0.15) is 40.3 Å². The van der Waals surface area contributed by atoms with Crippen LogP contribution in [0.3, 0.4) is 0 Å². The Labute approximate surface area is 158 Å². The number of nitrogens with one attached hydrogen (secondary N) is 1. The lowest BCUT2D eigenvalue weighted by Gasteiger charge is -2.11. The second-order valence-electron chi connectivity index (χ2n) is 6.26. The first-order chi connectivity index (χ1) is 12.7. The molecule has 1 aromatic carbocycles. The summed E-state index contributed by atoms with van der Waals surface area (Å²) in [5.74, 6) is -0.236.